The lowest BCUT2D eigenvalue weighted by Gasteiger charge is -2.32. The van der Waals surface area contributed by atoms with Crippen LogP contribution in [0.3, 0.4) is 0 Å². The second-order valence-electron chi connectivity index (χ2n) is 11.5. The molecule has 1 N–H and O–H groups in total. The third-order valence-electron chi connectivity index (χ3n) is 7.47. The van der Waals surface area contributed by atoms with E-state index in [1.807, 2.05) is 31.1 Å². The monoisotopic (exact) mass is 539 g/mol. The van der Waals surface area contributed by atoms with E-state index in [9.17, 15) is 14.4 Å². The van der Waals surface area contributed by atoms with Crippen LogP contribution in [0.4, 0.5) is 0 Å². The smallest absolute Gasteiger partial charge is 0.224 e. The summed E-state index contributed by atoms with van der Waals surface area (Å²) in [7, 11) is 3.94. The summed E-state index contributed by atoms with van der Waals surface area (Å²) in [6.45, 7) is 6.62. The third-order valence-corrected chi connectivity index (χ3v) is 8.51. The predicted molar refractivity (Wildman–Crippen MR) is 157 cm³/mol. The van der Waals surface area contributed by atoms with Crippen LogP contribution in [0.15, 0.2) is 30.4 Å². The van der Waals surface area contributed by atoms with Crippen LogP contribution in [0.25, 0.3) is 10.2 Å². The van der Waals surface area contributed by atoms with Gasteiger partial charge in [-0.1, -0.05) is 45.3 Å². The molecular weight excluding hydrogens is 494 g/mol. The summed E-state index contributed by atoms with van der Waals surface area (Å²) in [6, 6.07) is 6.30. The summed E-state index contributed by atoms with van der Waals surface area (Å²) in [5.41, 5.74) is 2.21. The summed E-state index contributed by atoms with van der Waals surface area (Å²) < 4.78 is 1.12. The Morgan fingerprint density at radius 3 is 2.55 bits per heavy atom. The molecule has 208 valence electrons. The number of hydrogen-bond acceptors (Lipinski definition) is 6. The fraction of sp³-hybridized carbons (Fsp3) is 0.613. The maximum absolute atomic E-state index is 13.6. The maximum atomic E-state index is 13.6. The van der Waals surface area contributed by atoms with Crippen molar-refractivity contribution in [3.05, 3.63) is 40.9 Å². The van der Waals surface area contributed by atoms with Gasteiger partial charge in [0.15, 0.2) is 5.78 Å². The Kier molecular flexibility index (Phi) is 11.7. The van der Waals surface area contributed by atoms with Crippen molar-refractivity contribution in [1.82, 2.24) is 15.2 Å². The van der Waals surface area contributed by atoms with Crippen LogP contribution >= 0.6 is 11.3 Å². The van der Waals surface area contributed by atoms with Gasteiger partial charge in [-0.3, -0.25) is 9.59 Å². The number of Topliss-reactive ketones (excluding diaryl/α,β-unsaturated/α-hetero) is 1. The second-order valence-corrected chi connectivity index (χ2v) is 12.6. The number of ketones is 2. The van der Waals surface area contributed by atoms with Gasteiger partial charge in [0.25, 0.3) is 0 Å². The van der Waals surface area contributed by atoms with Gasteiger partial charge in [-0.2, -0.15) is 0 Å². The number of rotatable bonds is 14. The molecule has 0 bridgehead atoms. The molecule has 6 nitrogen and oxygen atoms in total. The second kappa shape index (κ2) is 14.7. The number of benzene rings is 1. The number of likely N-dealkylation sites (N-methyl/N-ethyl adjacent to an activating group) is 1. The number of aromatic nitrogens is 1. The molecule has 2 atom stereocenters. The SMILES string of the molecule is CC(=O)C[C@@H](Cc1nc2ccc(C(C)C)cc2s1)C(=O)N[C@H](CCC(=O)/C=C/CN(C)C)C1CCCCC1. The van der Waals surface area contributed by atoms with Crippen molar-refractivity contribution in [2.24, 2.45) is 11.8 Å². The Bertz CT molecular complexity index is 1110. The molecule has 1 aromatic carbocycles. The fourth-order valence-electron chi connectivity index (χ4n) is 5.29. The minimum atomic E-state index is -0.459. The first-order valence-electron chi connectivity index (χ1n) is 14.2. The predicted octanol–water partition coefficient (Wildman–Crippen LogP) is 6.09. The van der Waals surface area contributed by atoms with Crippen LogP contribution < -0.4 is 5.32 Å². The molecular formula is C31H45N3O3S. The lowest BCUT2D eigenvalue weighted by molar-refractivity contribution is -0.130. The number of hydrogen-bond donors (Lipinski definition) is 1. The number of fused-ring (bicyclic) bond motifs is 1. The van der Waals surface area contributed by atoms with Gasteiger partial charge in [-0.25, -0.2) is 4.98 Å². The molecule has 0 saturated heterocycles. The molecule has 0 spiro atoms. The highest BCUT2D eigenvalue weighted by Gasteiger charge is 2.29. The summed E-state index contributed by atoms with van der Waals surface area (Å²) in [4.78, 5) is 45.0. The Hall–Kier alpha value is -2.38. The minimum Gasteiger partial charge on any atom is -0.353 e. The van der Waals surface area contributed by atoms with Crippen LogP contribution in [-0.4, -0.2) is 54.0 Å². The molecule has 0 aliphatic heterocycles. The highest BCUT2D eigenvalue weighted by Crippen LogP contribution is 2.30. The normalized spacial score (nSPS) is 16.4. The first-order valence-corrected chi connectivity index (χ1v) is 15.0. The Labute approximate surface area is 232 Å². The quantitative estimate of drug-likeness (QED) is 0.294. The average Bonchev–Trinajstić information content (AvgIpc) is 3.27. The zero-order chi connectivity index (χ0) is 27.7. The van der Waals surface area contributed by atoms with Crippen molar-refractivity contribution in [1.29, 1.82) is 0 Å². The molecule has 1 fully saturated rings. The highest BCUT2D eigenvalue weighted by molar-refractivity contribution is 7.18. The number of nitrogens with one attached hydrogen (secondary N) is 1. The molecule has 1 amide bonds. The lowest BCUT2D eigenvalue weighted by Crippen LogP contribution is -2.44. The standard InChI is InChI=1S/C31H45N3O3S/c1-21(2)24-13-15-28-29(19-24)38-30(32-28)20-25(18-22(3)35)31(37)33-27(23-10-7-6-8-11-23)16-14-26(36)12-9-17-34(4)5/h9,12-13,15,19,21,23,25,27H,6-8,10-11,14,16-18,20H2,1-5H3,(H,33,37)/b12-9+/t25-,27+/m0/s1. The van der Waals surface area contributed by atoms with Gasteiger partial charge in [0.05, 0.1) is 21.1 Å². The summed E-state index contributed by atoms with van der Waals surface area (Å²) in [6.07, 6.45) is 10.9. The molecule has 1 saturated carbocycles. The number of carbonyl (C=O) groups is 3. The van der Waals surface area contributed by atoms with Gasteiger partial charge < -0.3 is 15.0 Å². The maximum Gasteiger partial charge on any atom is 0.224 e. The Balaban J connectivity index is 1.72. The summed E-state index contributed by atoms with van der Waals surface area (Å²) >= 11 is 1.61. The van der Waals surface area contributed by atoms with E-state index in [0.29, 0.717) is 31.1 Å². The molecule has 1 aliphatic rings. The van der Waals surface area contributed by atoms with E-state index in [-0.39, 0.29) is 29.9 Å². The lowest BCUT2D eigenvalue weighted by atomic mass is 9.81. The molecule has 0 unspecified atom stereocenters. The molecule has 7 heteroatoms. The van der Waals surface area contributed by atoms with E-state index in [0.717, 1.165) is 47.5 Å². The van der Waals surface area contributed by atoms with Gasteiger partial charge in [0.1, 0.15) is 5.78 Å². The number of amides is 1. The van der Waals surface area contributed by atoms with Crippen molar-refractivity contribution < 1.29 is 14.4 Å². The van der Waals surface area contributed by atoms with Crippen molar-refractivity contribution in [2.75, 3.05) is 20.6 Å². The van der Waals surface area contributed by atoms with E-state index < -0.39 is 5.92 Å². The van der Waals surface area contributed by atoms with Gasteiger partial charge in [-0.05, 0) is 75.9 Å². The first kappa shape index (κ1) is 30.2. The van der Waals surface area contributed by atoms with E-state index in [2.05, 4.69) is 31.3 Å². The van der Waals surface area contributed by atoms with Gasteiger partial charge in [-0.15, -0.1) is 11.3 Å². The summed E-state index contributed by atoms with van der Waals surface area (Å²) in [5.74, 6) is 0.364. The average molecular weight is 540 g/mol. The Morgan fingerprint density at radius 2 is 1.89 bits per heavy atom. The summed E-state index contributed by atoms with van der Waals surface area (Å²) in [5, 5.41) is 4.19. The van der Waals surface area contributed by atoms with Crippen LogP contribution in [0.2, 0.25) is 0 Å². The minimum absolute atomic E-state index is 0.00350. The molecule has 2 aromatic rings. The molecule has 1 aliphatic carbocycles. The van der Waals surface area contributed by atoms with E-state index in [1.165, 1.54) is 12.0 Å². The fourth-order valence-corrected chi connectivity index (χ4v) is 6.39. The molecule has 1 aromatic heterocycles. The molecule has 3 rings (SSSR count). The number of thiazole rings is 1. The van der Waals surface area contributed by atoms with E-state index in [1.54, 1.807) is 24.3 Å². The molecule has 38 heavy (non-hydrogen) atoms. The number of carbonyl (C=O) groups excluding carboxylic acids is 3. The van der Waals surface area contributed by atoms with E-state index >= 15 is 0 Å². The zero-order valence-electron chi connectivity index (χ0n) is 23.8. The van der Waals surface area contributed by atoms with Crippen molar-refractivity contribution >= 4 is 39.0 Å². The van der Waals surface area contributed by atoms with Gasteiger partial charge in [0, 0.05) is 31.8 Å². The van der Waals surface area contributed by atoms with Crippen molar-refractivity contribution in [3.8, 4) is 0 Å². The first-order chi connectivity index (χ1) is 18.1. The van der Waals surface area contributed by atoms with Crippen molar-refractivity contribution in [3.63, 3.8) is 0 Å². The van der Waals surface area contributed by atoms with Crippen LogP contribution in [0.1, 0.15) is 88.6 Å². The number of allylic oxidation sites excluding steroid dienone is 1. The number of nitrogens with zero attached hydrogens (tertiary/aromatic N) is 2. The largest absolute Gasteiger partial charge is 0.353 e. The van der Waals surface area contributed by atoms with Crippen molar-refractivity contribution in [2.45, 2.75) is 90.5 Å². The topological polar surface area (TPSA) is 79.4 Å². The third kappa shape index (κ3) is 9.42. The van der Waals surface area contributed by atoms with Gasteiger partial charge in [0.2, 0.25) is 5.91 Å². The van der Waals surface area contributed by atoms with Crippen LogP contribution in [-0.2, 0) is 20.8 Å². The van der Waals surface area contributed by atoms with Crippen LogP contribution in [0, 0.1) is 11.8 Å². The molecule has 1 heterocycles. The highest BCUT2D eigenvalue weighted by atomic mass is 32.1. The van der Waals surface area contributed by atoms with E-state index in [4.69, 9.17) is 4.98 Å². The van der Waals surface area contributed by atoms with Gasteiger partial charge >= 0.3 is 0 Å². The Morgan fingerprint density at radius 1 is 1.16 bits per heavy atom. The van der Waals surface area contributed by atoms with Crippen LogP contribution in [0.5, 0.6) is 0 Å². The molecule has 0 radical (unpaired) electrons. The zero-order valence-corrected chi connectivity index (χ0v) is 24.6.